The Morgan fingerprint density at radius 3 is 2.41 bits per heavy atom. The Kier molecular flexibility index (Phi) is 5.64. The van der Waals surface area contributed by atoms with E-state index in [1.165, 1.54) is 12.1 Å². The summed E-state index contributed by atoms with van der Waals surface area (Å²) in [5.41, 5.74) is 0.770. The molecule has 0 saturated heterocycles. The molecule has 1 aliphatic rings. The smallest absolute Gasteiger partial charge is 0.276 e. The quantitative estimate of drug-likeness (QED) is 0.426. The third-order valence-electron chi connectivity index (χ3n) is 5.02. The number of amides is 1. The van der Waals surface area contributed by atoms with Gasteiger partial charge in [-0.1, -0.05) is 36.4 Å². The van der Waals surface area contributed by atoms with Crippen LogP contribution in [0.4, 0.5) is 5.69 Å². The maximum absolute atomic E-state index is 13.2. The highest BCUT2D eigenvalue weighted by Crippen LogP contribution is 2.32. The van der Waals surface area contributed by atoms with E-state index in [2.05, 4.69) is 15.2 Å². The van der Waals surface area contributed by atoms with E-state index in [4.69, 9.17) is 13.9 Å². The summed E-state index contributed by atoms with van der Waals surface area (Å²) in [4.78, 5) is 15.3. The van der Waals surface area contributed by atoms with Crippen LogP contribution < -0.4 is 25.2 Å². The van der Waals surface area contributed by atoms with Gasteiger partial charge in [0.25, 0.3) is 15.9 Å². The molecule has 10 heteroatoms. The summed E-state index contributed by atoms with van der Waals surface area (Å²) in [5, 5.41) is 7.35. The fourth-order valence-electron chi connectivity index (χ4n) is 3.39. The van der Waals surface area contributed by atoms with Crippen molar-refractivity contribution in [1.82, 2.24) is 4.83 Å². The van der Waals surface area contributed by atoms with E-state index in [1.807, 2.05) is 0 Å². The van der Waals surface area contributed by atoms with Crippen molar-refractivity contribution in [2.24, 2.45) is 5.10 Å². The molecule has 0 spiro atoms. The fourth-order valence-corrected chi connectivity index (χ4v) is 4.21. The number of carbonyl (C=O) groups excluding carboxylic acids is 1. The van der Waals surface area contributed by atoms with Crippen molar-refractivity contribution in [2.45, 2.75) is 4.90 Å². The lowest BCUT2D eigenvalue weighted by Crippen LogP contribution is -2.27. The van der Waals surface area contributed by atoms with E-state index < -0.39 is 15.9 Å². The van der Waals surface area contributed by atoms with Gasteiger partial charge in [-0.3, -0.25) is 4.79 Å². The first kappa shape index (κ1) is 21.5. The Morgan fingerprint density at radius 1 is 0.853 bits per heavy atom. The van der Waals surface area contributed by atoms with Crippen LogP contribution in [0, 0.1) is 0 Å². The Hall–Kier alpha value is -4.31. The van der Waals surface area contributed by atoms with Crippen LogP contribution in [-0.4, -0.2) is 27.5 Å². The average molecular weight is 477 g/mol. The van der Waals surface area contributed by atoms with Gasteiger partial charge in [-0.05, 0) is 36.4 Å². The molecule has 0 atom stereocenters. The predicted molar refractivity (Wildman–Crippen MR) is 124 cm³/mol. The van der Waals surface area contributed by atoms with Crippen molar-refractivity contribution >= 4 is 32.6 Å². The number of nitrogens with zero attached hydrogens (tertiary/aromatic N) is 1. The highest BCUT2D eigenvalue weighted by Gasteiger charge is 2.17. The Labute approximate surface area is 194 Å². The van der Waals surface area contributed by atoms with Crippen molar-refractivity contribution < 1.29 is 27.1 Å². The number of ether oxygens (including phenoxy) is 2. The van der Waals surface area contributed by atoms with Crippen LogP contribution >= 0.6 is 0 Å². The fraction of sp³-hybridized carbons (Fsp3) is 0.0833. The molecule has 0 radical (unpaired) electrons. The van der Waals surface area contributed by atoms with Gasteiger partial charge in [0.15, 0.2) is 11.5 Å². The molecule has 1 aromatic heterocycles. The summed E-state index contributed by atoms with van der Waals surface area (Å²) < 4.78 is 42.0. The number of fused-ring (bicyclic) bond motifs is 2. The number of benzene rings is 3. The zero-order valence-electron chi connectivity index (χ0n) is 17.7. The number of para-hydroxylation sites is 1. The Balaban J connectivity index is 1.51. The number of nitrogens with one attached hydrogen (secondary N) is 2. The second-order valence-corrected chi connectivity index (χ2v) is 9.00. The minimum Gasteiger partial charge on any atom is -0.486 e. The van der Waals surface area contributed by atoms with E-state index in [-0.39, 0.29) is 16.0 Å². The normalized spacial score (nSPS) is 13.5. The first-order chi connectivity index (χ1) is 16.5. The van der Waals surface area contributed by atoms with E-state index >= 15 is 0 Å². The molecule has 172 valence electrons. The number of hydrogen-bond acceptors (Lipinski definition) is 7. The van der Waals surface area contributed by atoms with Crippen LogP contribution in [-0.2, 0) is 10.0 Å². The average Bonchev–Trinajstić information content (AvgIpc) is 2.87. The lowest BCUT2D eigenvalue weighted by molar-refractivity contribution is 0.102. The molecule has 0 saturated carbocycles. The molecular weight excluding hydrogens is 458 g/mol. The maximum Gasteiger partial charge on any atom is 0.276 e. The first-order valence-corrected chi connectivity index (χ1v) is 11.8. The van der Waals surface area contributed by atoms with Gasteiger partial charge in [0.1, 0.15) is 24.4 Å². The van der Waals surface area contributed by atoms with Crippen LogP contribution in [0.3, 0.4) is 0 Å². The topological polar surface area (TPSA) is 119 Å². The van der Waals surface area contributed by atoms with Crippen LogP contribution in [0.2, 0.25) is 0 Å². The van der Waals surface area contributed by atoms with Gasteiger partial charge in [-0.2, -0.15) is 13.2 Å². The summed E-state index contributed by atoms with van der Waals surface area (Å²) in [6.45, 7) is 0.875. The molecular formula is C24H19N3O6S. The molecule has 1 amide bonds. The summed E-state index contributed by atoms with van der Waals surface area (Å²) in [5.74, 6) is 0.576. The predicted octanol–water partition coefficient (Wildman–Crippen LogP) is 3.25. The maximum atomic E-state index is 13.2. The van der Waals surface area contributed by atoms with Crippen LogP contribution in [0.25, 0.3) is 11.0 Å². The van der Waals surface area contributed by atoms with Gasteiger partial charge in [-0.15, -0.1) is 5.10 Å². The van der Waals surface area contributed by atoms with E-state index in [0.29, 0.717) is 41.4 Å². The minimum atomic E-state index is -3.96. The van der Waals surface area contributed by atoms with E-state index in [0.717, 1.165) is 0 Å². The molecule has 0 unspecified atom stereocenters. The van der Waals surface area contributed by atoms with Gasteiger partial charge in [-0.25, -0.2) is 0 Å². The van der Waals surface area contributed by atoms with Crippen molar-refractivity contribution in [3.8, 4) is 11.5 Å². The number of carbonyl (C=O) groups is 1. The highest BCUT2D eigenvalue weighted by atomic mass is 32.2. The minimum absolute atomic E-state index is 0.0295. The molecule has 0 aliphatic carbocycles. The zero-order chi connectivity index (χ0) is 23.5. The van der Waals surface area contributed by atoms with Crippen LogP contribution in [0.1, 0.15) is 10.4 Å². The SMILES string of the molecule is O=C(Nc1ccc2c(c1)OCCO2)c1cc2ccccc2o/c1=N\NS(=O)(=O)c1ccccc1. The number of sulfonamides is 1. The van der Waals surface area contributed by atoms with Gasteiger partial charge in [0, 0.05) is 17.1 Å². The Morgan fingerprint density at radius 2 is 1.59 bits per heavy atom. The first-order valence-electron chi connectivity index (χ1n) is 10.3. The molecule has 2 N–H and O–H groups in total. The van der Waals surface area contributed by atoms with Crippen molar-refractivity contribution in [2.75, 3.05) is 18.5 Å². The largest absolute Gasteiger partial charge is 0.486 e. The van der Waals surface area contributed by atoms with Gasteiger partial charge < -0.3 is 19.2 Å². The summed E-state index contributed by atoms with van der Waals surface area (Å²) in [7, 11) is -3.96. The summed E-state index contributed by atoms with van der Waals surface area (Å²) in [6.07, 6.45) is 0. The van der Waals surface area contributed by atoms with Crippen LogP contribution in [0.15, 0.2) is 93.3 Å². The lowest BCUT2D eigenvalue weighted by Gasteiger charge is -2.19. The molecule has 0 fully saturated rings. The molecule has 34 heavy (non-hydrogen) atoms. The third kappa shape index (κ3) is 4.44. The van der Waals surface area contributed by atoms with Gasteiger partial charge in [0.05, 0.1) is 4.90 Å². The van der Waals surface area contributed by atoms with Crippen molar-refractivity contribution in [1.29, 1.82) is 0 Å². The Bertz CT molecular complexity index is 1550. The molecule has 3 aromatic carbocycles. The van der Waals surface area contributed by atoms with Gasteiger partial charge >= 0.3 is 0 Å². The van der Waals surface area contributed by atoms with Gasteiger partial charge in [0.2, 0.25) is 5.55 Å². The number of hydrogen-bond donors (Lipinski definition) is 2. The van der Waals surface area contributed by atoms with E-state index in [1.54, 1.807) is 66.7 Å². The monoisotopic (exact) mass is 477 g/mol. The molecule has 4 aromatic rings. The van der Waals surface area contributed by atoms with Crippen molar-refractivity contribution in [3.63, 3.8) is 0 Å². The number of anilines is 1. The number of rotatable bonds is 5. The molecule has 5 rings (SSSR count). The van der Waals surface area contributed by atoms with E-state index in [9.17, 15) is 13.2 Å². The van der Waals surface area contributed by atoms with Crippen LogP contribution in [0.5, 0.6) is 11.5 Å². The molecule has 1 aliphatic heterocycles. The van der Waals surface area contributed by atoms with Crippen molar-refractivity contribution in [3.05, 3.63) is 90.0 Å². The third-order valence-corrected chi connectivity index (χ3v) is 6.25. The second kappa shape index (κ2) is 8.91. The standard InChI is InChI=1S/C24H19N3O6S/c28-23(25-17-10-11-21-22(15-17)32-13-12-31-21)19-14-16-6-4-5-9-20(16)33-24(19)26-27-34(29,30)18-7-2-1-3-8-18/h1-11,14-15,27H,12-13H2,(H,25,28)/b26-24-. The highest BCUT2D eigenvalue weighted by molar-refractivity contribution is 7.89. The molecule has 0 bridgehead atoms. The summed E-state index contributed by atoms with van der Waals surface area (Å²) in [6, 6.07) is 21.4. The lowest BCUT2D eigenvalue weighted by atomic mass is 10.1. The summed E-state index contributed by atoms with van der Waals surface area (Å²) >= 11 is 0. The zero-order valence-corrected chi connectivity index (χ0v) is 18.5. The molecule has 2 heterocycles. The second-order valence-electron chi connectivity index (χ2n) is 7.34. The molecule has 9 nitrogen and oxygen atoms in total.